The van der Waals surface area contributed by atoms with Crippen molar-refractivity contribution in [3.63, 3.8) is 0 Å². The summed E-state index contributed by atoms with van der Waals surface area (Å²) < 4.78 is 11.1. The maximum atomic E-state index is 12.2. The number of carbonyl (C=O) groups is 1. The third kappa shape index (κ3) is 6.29. The molecule has 0 aliphatic carbocycles. The molecule has 0 aliphatic heterocycles. The third-order valence-electron chi connectivity index (χ3n) is 3.44. The first-order chi connectivity index (χ1) is 12.1. The number of ether oxygens (including phenoxy) is 2. The first-order valence-corrected chi connectivity index (χ1v) is 8.55. The van der Waals surface area contributed by atoms with Gasteiger partial charge in [0.15, 0.2) is 0 Å². The zero-order valence-corrected chi connectivity index (χ0v) is 15.3. The maximum Gasteiger partial charge on any atom is 0.238 e. The fourth-order valence-electron chi connectivity index (χ4n) is 2.24. The van der Waals surface area contributed by atoms with Crippen molar-refractivity contribution >= 4 is 23.2 Å². The molecular formula is C19H23ClN2O3. The van der Waals surface area contributed by atoms with Crippen LogP contribution < -0.4 is 14.8 Å². The molecule has 134 valence electrons. The Morgan fingerprint density at radius 3 is 2.48 bits per heavy atom. The Labute approximate surface area is 153 Å². The molecule has 0 saturated heterocycles. The number of carbonyl (C=O) groups excluding carboxylic acids is 1. The van der Waals surface area contributed by atoms with Gasteiger partial charge in [0, 0.05) is 6.54 Å². The topological polar surface area (TPSA) is 50.8 Å². The number of anilines is 1. The highest BCUT2D eigenvalue weighted by molar-refractivity contribution is 6.32. The Kier molecular flexibility index (Phi) is 7.57. The molecule has 0 atom stereocenters. The Bertz CT molecular complexity index is 694. The highest BCUT2D eigenvalue weighted by atomic mass is 35.5. The molecule has 1 amide bonds. The van der Waals surface area contributed by atoms with Crippen LogP contribution in [0.2, 0.25) is 5.02 Å². The average molecular weight is 363 g/mol. The molecule has 0 saturated carbocycles. The van der Waals surface area contributed by atoms with E-state index in [0.29, 0.717) is 42.0 Å². The molecule has 6 heteroatoms. The van der Waals surface area contributed by atoms with E-state index in [-0.39, 0.29) is 12.5 Å². The van der Waals surface area contributed by atoms with Crippen molar-refractivity contribution in [1.82, 2.24) is 4.90 Å². The molecule has 0 bridgehead atoms. The van der Waals surface area contributed by atoms with Gasteiger partial charge in [-0.05, 0) is 38.2 Å². The van der Waals surface area contributed by atoms with E-state index in [1.807, 2.05) is 61.3 Å². The van der Waals surface area contributed by atoms with Gasteiger partial charge in [0.1, 0.15) is 18.1 Å². The van der Waals surface area contributed by atoms with Gasteiger partial charge in [-0.2, -0.15) is 0 Å². The molecule has 0 unspecified atom stereocenters. The number of benzene rings is 2. The summed E-state index contributed by atoms with van der Waals surface area (Å²) in [6.45, 7) is 3.76. The number of hydrogen-bond acceptors (Lipinski definition) is 4. The Hall–Kier alpha value is -2.24. The van der Waals surface area contributed by atoms with Crippen molar-refractivity contribution in [3.05, 3.63) is 53.6 Å². The van der Waals surface area contributed by atoms with Crippen LogP contribution in [0.5, 0.6) is 11.5 Å². The van der Waals surface area contributed by atoms with E-state index in [4.69, 9.17) is 21.1 Å². The Morgan fingerprint density at radius 2 is 1.76 bits per heavy atom. The summed E-state index contributed by atoms with van der Waals surface area (Å²) in [7, 11) is 1.87. The molecular weight excluding hydrogens is 340 g/mol. The van der Waals surface area contributed by atoms with Crippen LogP contribution in [-0.4, -0.2) is 44.2 Å². The molecule has 0 radical (unpaired) electrons. The number of amides is 1. The number of rotatable bonds is 9. The van der Waals surface area contributed by atoms with Crippen LogP contribution in [0.25, 0.3) is 0 Å². The van der Waals surface area contributed by atoms with E-state index in [9.17, 15) is 4.79 Å². The minimum absolute atomic E-state index is 0.104. The molecule has 0 fully saturated rings. The lowest BCUT2D eigenvalue weighted by atomic mass is 10.3. The number of hydrogen-bond donors (Lipinski definition) is 1. The summed E-state index contributed by atoms with van der Waals surface area (Å²) in [6, 6.07) is 14.7. The van der Waals surface area contributed by atoms with Crippen molar-refractivity contribution in [1.29, 1.82) is 0 Å². The lowest BCUT2D eigenvalue weighted by Gasteiger charge is -2.17. The smallest absolute Gasteiger partial charge is 0.238 e. The lowest BCUT2D eigenvalue weighted by molar-refractivity contribution is -0.117. The van der Waals surface area contributed by atoms with Crippen LogP contribution in [0.3, 0.4) is 0 Å². The predicted molar refractivity (Wildman–Crippen MR) is 101 cm³/mol. The first-order valence-electron chi connectivity index (χ1n) is 8.17. The molecule has 25 heavy (non-hydrogen) atoms. The van der Waals surface area contributed by atoms with Crippen LogP contribution >= 0.6 is 11.6 Å². The predicted octanol–water partition coefficient (Wildman–Crippen LogP) is 3.69. The summed E-state index contributed by atoms with van der Waals surface area (Å²) in [5.41, 5.74) is 0.676. The molecule has 0 aliphatic rings. The molecule has 2 aromatic rings. The number of para-hydroxylation sites is 3. The SMILES string of the molecule is CCOc1ccccc1NC(=O)CN(C)CCOc1ccccc1Cl. The molecule has 0 heterocycles. The maximum absolute atomic E-state index is 12.2. The zero-order chi connectivity index (χ0) is 18.1. The fourth-order valence-corrected chi connectivity index (χ4v) is 2.43. The second-order valence-corrected chi connectivity index (χ2v) is 5.90. The summed E-state index contributed by atoms with van der Waals surface area (Å²) in [6.07, 6.45) is 0. The van der Waals surface area contributed by atoms with E-state index >= 15 is 0 Å². The molecule has 2 rings (SSSR count). The van der Waals surface area contributed by atoms with Gasteiger partial charge >= 0.3 is 0 Å². The van der Waals surface area contributed by atoms with Gasteiger partial charge in [-0.3, -0.25) is 9.69 Å². The Morgan fingerprint density at radius 1 is 1.08 bits per heavy atom. The van der Waals surface area contributed by atoms with Gasteiger partial charge in [-0.25, -0.2) is 0 Å². The van der Waals surface area contributed by atoms with E-state index < -0.39 is 0 Å². The summed E-state index contributed by atoms with van der Waals surface area (Å²) >= 11 is 6.04. The lowest BCUT2D eigenvalue weighted by Crippen LogP contribution is -2.33. The number of likely N-dealkylation sites (N-methyl/N-ethyl adjacent to an activating group) is 1. The van der Waals surface area contributed by atoms with Gasteiger partial charge in [0.25, 0.3) is 0 Å². The number of halogens is 1. The van der Waals surface area contributed by atoms with Crippen molar-refractivity contribution in [2.45, 2.75) is 6.92 Å². The van der Waals surface area contributed by atoms with Crippen molar-refractivity contribution in [2.75, 3.05) is 38.7 Å². The highest BCUT2D eigenvalue weighted by Crippen LogP contribution is 2.24. The largest absolute Gasteiger partial charge is 0.492 e. The van der Waals surface area contributed by atoms with Crippen LogP contribution in [0.15, 0.2) is 48.5 Å². The summed E-state index contributed by atoms with van der Waals surface area (Å²) in [5, 5.41) is 3.46. The van der Waals surface area contributed by atoms with Gasteiger partial charge < -0.3 is 14.8 Å². The quantitative estimate of drug-likeness (QED) is 0.739. The van der Waals surface area contributed by atoms with Crippen LogP contribution in [0.1, 0.15) is 6.92 Å². The summed E-state index contributed by atoms with van der Waals surface area (Å²) in [4.78, 5) is 14.1. The minimum atomic E-state index is -0.104. The normalized spacial score (nSPS) is 10.6. The second-order valence-electron chi connectivity index (χ2n) is 5.49. The standard InChI is InChI=1S/C19H23ClN2O3/c1-3-24-18-11-7-5-9-16(18)21-19(23)14-22(2)12-13-25-17-10-6-4-8-15(17)20/h4-11H,3,12-14H2,1-2H3,(H,21,23). The zero-order valence-electron chi connectivity index (χ0n) is 14.5. The molecule has 2 aromatic carbocycles. The van der Waals surface area contributed by atoms with Crippen molar-refractivity contribution in [2.24, 2.45) is 0 Å². The fraction of sp³-hybridized carbons (Fsp3) is 0.316. The molecule has 1 N–H and O–H groups in total. The van der Waals surface area contributed by atoms with Crippen molar-refractivity contribution < 1.29 is 14.3 Å². The molecule has 5 nitrogen and oxygen atoms in total. The van der Waals surface area contributed by atoms with Crippen LogP contribution in [-0.2, 0) is 4.79 Å². The van der Waals surface area contributed by atoms with Crippen molar-refractivity contribution in [3.8, 4) is 11.5 Å². The monoisotopic (exact) mass is 362 g/mol. The third-order valence-corrected chi connectivity index (χ3v) is 3.75. The number of nitrogens with one attached hydrogen (secondary N) is 1. The van der Waals surface area contributed by atoms with Crippen LogP contribution in [0.4, 0.5) is 5.69 Å². The average Bonchev–Trinajstić information content (AvgIpc) is 2.58. The van der Waals surface area contributed by atoms with Gasteiger partial charge in [-0.1, -0.05) is 35.9 Å². The van der Waals surface area contributed by atoms with E-state index in [2.05, 4.69) is 5.32 Å². The highest BCUT2D eigenvalue weighted by Gasteiger charge is 2.10. The minimum Gasteiger partial charge on any atom is -0.492 e. The molecule has 0 spiro atoms. The van der Waals surface area contributed by atoms with Gasteiger partial charge in [-0.15, -0.1) is 0 Å². The van der Waals surface area contributed by atoms with E-state index in [0.717, 1.165) is 0 Å². The summed E-state index contributed by atoms with van der Waals surface area (Å²) in [5.74, 6) is 1.21. The van der Waals surface area contributed by atoms with Gasteiger partial charge in [0.2, 0.25) is 5.91 Å². The molecule has 0 aromatic heterocycles. The number of nitrogens with zero attached hydrogens (tertiary/aromatic N) is 1. The first kappa shape index (κ1) is 19.1. The van der Waals surface area contributed by atoms with Crippen LogP contribution in [0, 0.1) is 0 Å². The van der Waals surface area contributed by atoms with E-state index in [1.54, 1.807) is 6.07 Å². The Balaban J connectivity index is 1.77. The van der Waals surface area contributed by atoms with Gasteiger partial charge in [0.05, 0.1) is 23.9 Å². The van der Waals surface area contributed by atoms with E-state index in [1.165, 1.54) is 0 Å². The second kappa shape index (κ2) is 9.91.